The van der Waals surface area contributed by atoms with Gasteiger partial charge in [-0.2, -0.15) is 0 Å². The Hall–Kier alpha value is -1.62. The van der Waals surface area contributed by atoms with E-state index in [1.807, 2.05) is 6.07 Å². The Morgan fingerprint density at radius 3 is 2.57 bits per heavy atom. The van der Waals surface area contributed by atoms with Gasteiger partial charge in [-0.1, -0.05) is 26.0 Å². The van der Waals surface area contributed by atoms with Crippen LogP contribution in [0.3, 0.4) is 0 Å². The molecule has 5 heteroatoms. The number of benzene rings is 1. The number of hydrogen-bond acceptors (Lipinski definition) is 4. The van der Waals surface area contributed by atoms with E-state index in [0.29, 0.717) is 5.69 Å². The van der Waals surface area contributed by atoms with Crippen molar-refractivity contribution in [2.75, 3.05) is 25.5 Å². The summed E-state index contributed by atoms with van der Waals surface area (Å²) in [6, 6.07) is 5.31. The second-order valence-electron chi connectivity index (χ2n) is 6.18. The van der Waals surface area contributed by atoms with Gasteiger partial charge in [0.25, 0.3) is 5.69 Å². The SMILES string of the molecule is CNc1c(CN2CCC(C(C)C)CC2)cccc1[N+](=O)[O-]. The van der Waals surface area contributed by atoms with Gasteiger partial charge in [-0.15, -0.1) is 0 Å². The highest BCUT2D eigenvalue weighted by Gasteiger charge is 2.23. The van der Waals surface area contributed by atoms with Crippen LogP contribution in [0, 0.1) is 22.0 Å². The normalized spacial score (nSPS) is 17.1. The molecule has 0 bridgehead atoms. The molecule has 1 aromatic carbocycles. The highest BCUT2D eigenvalue weighted by Crippen LogP contribution is 2.30. The molecule has 1 aliphatic rings. The fraction of sp³-hybridized carbons (Fsp3) is 0.625. The first kappa shape index (κ1) is 15.8. The fourth-order valence-electron chi connectivity index (χ4n) is 3.18. The third-order valence-electron chi connectivity index (χ3n) is 4.54. The van der Waals surface area contributed by atoms with E-state index in [1.54, 1.807) is 19.2 Å². The van der Waals surface area contributed by atoms with E-state index in [2.05, 4.69) is 24.1 Å². The van der Waals surface area contributed by atoms with Crippen molar-refractivity contribution in [2.24, 2.45) is 11.8 Å². The van der Waals surface area contributed by atoms with Crippen LogP contribution in [0.5, 0.6) is 0 Å². The highest BCUT2D eigenvalue weighted by molar-refractivity contribution is 5.66. The van der Waals surface area contributed by atoms with Gasteiger partial charge in [0.2, 0.25) is 0 Å². The van der Waals surface area contributed by atoms with Crippen LogP contribution in [0.2, 0.25) is 0 Å². The van der Waals surface area contributed by atoms with E-state index in [1.165, 1.54) is 12.8 Å². The van der Waals surface area contributed by atoms with E-state index in [4.69, 9.17) is 0 Å². The van der Waals surface area contributed by atoms with Gasteiger partial charge in [0, 0.05) is 19.7 Å². The molecular weight excluding hydrogens is 266 g/mol. The first-order valence-corrected chi connectivity index (χ1v) is 7.69. The molecule has 116 valence electrons. The molecule has 0 aromatic heterocycles. The number of hydrogen-bond donors (Lipinski definition) is 1. The largest absolute Gasteiger partial charge is 0.382 e. The van der Waals surface area contributed by atoms with Crippen molar-refractivity contribution < 1.29 is 4.92 Å². The van der Waals surface area contributed by atoms with Crippen LogP contribution in [-0.4, -0.2) is 30.0 Å². The number of nitrogens with one attached hydrogen (secondary N) is 1. The van der Waals surface area contributed by atoms with Crippen LogP contribution < -0.4 is 5.32 Å². The summed E-state index contributed by atoms with van der Waals surface area (Å²) < 4.78 is 0. The van der Waals surface area contributed by atoms with E-state index in [-0.39, 0.29) is 10.6 Å². The Kier molecular flexibility index (Phi) is 5.17. The second kappa shape index (κ2) is 6.89. The van der Waals surface area contributed by atoms with Crippen LogP contribution in [-0.2, 0) is 6.54 Å². The van der Waals surface area contributed by atoms with Gasteiger partial charge in [-0.3, -0.25) is 15.0 Å². The molecule has 0 spiro atoms. The summed E-state index contributed by atoms with van der Waals surface area (Å²) in [6.07, 6.45) is 2.45. The number of para-hydroxylation sites is 1. The third kappa shape index (κ3) is 3.73. The maximum atomic E-state index is 11.1. The Morgan fingerprint density at radius 2 is 2.05 bits per heavy atom. The molecular formula is C16H25N3O2. The van der Waals surface area contributed by atoms with Crippen LogP contribution in [0.15, 0.2) is 18.2 Å². The van der Waals surface area contributed by atoms with Crippen molar-refractivity contribution in [3.8, 4) is 0 Å². The van der Waals surface area contributed by atoms with Gasteiger partial charge in [0.1, 0.15) is 5.69 Å². The summed E-state index contributed by atoms with van der Waals surface area (Å²) in [5, 5.41) is 14.1. The first-order valence-electron chi connectivity index (χ1n) is 7.69. The number of nitrogens with zero attached hydrogens (tertiary/aromatic N) is 2. The molecule has 2 rings (SSSR count). The lowest BCUT2D eigenvalue weighted by Gasteiger charge is -2.34. The average molecular weight is 291 g/mol. The molecule has 0 radical (unpaired) electrons. The predicted molar refractivity (Wildman–Crippen MR) is 85.5 cm³/mol. The minimum absolute atomic E-state index is 0.159. The quantitative estimate of drug-likeness (QED) is 0.666. The number of anilines is 1. The lowest BCUT2D eigenvalue weighted by atomic mass is 9.86. The van der Waals surface area contributed by atoms with E-state index in [0.717, 1.165) is 37.0 Å². The molecule has 21 heavy (non-hydrogen) atoms. The van der Waals surface area contributed by atoms with Gasteiger partial charge in [-0.05, 0) is 43.3 Å². The summed E-state index contributed by atoms with van der Waals surface area (Å²) in [4.78, 5) is 13.2. The predicted octanol–water partition coefficient (Wildman–Crippen LogP) is 3.50. The highest BCUT2D eigenvalue weighted by atomic mass is 16.6. The molecule has 1 aromatic rings. The van der Waals surface area contributed by atoms with Crippen molar-refractivity contribution in [3.05, 3.63) is 33.9 Å². The van der Waals surface area contributed by atoms with Gasteiger partial charge >= 0.3 is 0 Å². The summed E-state index contributed by atoms with van der Waals surface area (Å²) in [7, 11) is 1.75. The Labute approximate surface area is 126 Å². The molecule has 0 aliphatic carbocycles. The zero-order valence-corrected chi connectivity index (χ0v) is 13.1. The van der Waals surface area contributed by atoms with Crippen LogP contribution >= 0.6 is 0 Å². The van der Waals surface area contributed by atoms with Gasteiger partial charge in [0.15, 0.2) is 0 Å². The van der Waals surface area contributed by atoms with Gasteiger partial charge in [0.05, 0.1) is 4.92 Å². The summed E-state index contributed by atoms with van der Waals surface area (Å²) in [5.41, 5.74) is 1.82. The minimum atomic E-state index is -0.319. The molecule has 1 saturated heterocycles. The molecule has 1 fully saturated rings. The smallest absolute Gasteiger partial charge is 0.292 e. The van der Waals surface area contributed by atoms with Crippen LogP contribution in [0.1, 0.15) is 32.3 Å². The van der Waals surface area contributed by atoms with Crippen molar-refractivity contribution in [3.63, 3.8) is 0 Å². The summed E-state index contributed by atoms with van der Waals surface area (Å²) in [6.45, 7) is 7.52. The van der Waals surface area contributed by atoms with E-state index in [9.17, 15) is 10.1 Å². The van der Waals surface area contributed by atoms with Crippen molar-refractivity contribution >= 4 is 11.4 Å². The lowest BCUT2D eigenvalue weighted by molar-refractivity contribution is -0.384. The average Bonchev–Trinajstić information content (AvgIpc) is 2.47. The maximum absolute atomic E-state index is 11.1. The molecule has 0 atom stereocenters. The zero-order valence-electron chi connectivity index (χ0n) is 13.1. The van der Waals surface area contributed by atoms with Crippen molar-refractivity contribution in [2.45, 2.75) is 33.2 Å². The summed E-state index contributed by atoms with van der Waals surface area (Å²) in [5.74, 6) is 1.56. The molecule has 1 aliphatic heterocycles. The number of piperidine rings is 1. The van der Waals surface area contributed by atoms with Gasteiger partial charge in [-0.25, -0.2) is 0 Å². The molecule has 0 unspecified atom stereocenters. The summed E-state index contributed by atoms with van der Waals surface area (Å²) >= 11 is 0. The Balaban J connectivity index is 2.07. The topological polar surface area (TPSA) is 58.4 Å². The van der Waals surface area contributed by atoms with Crippen molar-refractivity contribution in [1.82, 2.24) is 4.90 Å². The minimum Gasteiger partial charge on any atom is -0.382 e. The number of rotatable bonds is 5. The third-order valence-corrected chi connectivity index (χ3v) is 4.54. The molecule has 0 saturated carbocycles. The standard InChI is InChI=1S/C16H25N3O2/c1-12(2)13-7-9-18(10-8-13)11-14-5-4-6-15(19(20)21)16(14)17-3/h4-6,12-13,17H,7-11H2,1-3H3. The van der Waals surface area contributed by atoms with E-state index >= 15 is 0 Å². The molecule has 5 nitrogen and oxygen atoms in total. The Bertz CT molecular complexity index is 494. The Morgan fingerprint density at radius 1 is 1.38 bits per heavy atom. The fourth-order valence-corrected chi connectivity index (χ4v) is 3.18. The molecule has 1 heterocycles. The number of nitro groups is 1. The monoisotopic (exact) mass is 291 g/mol. The van der Waals surface area contributed by atoms with Crippen LogP contribution in [0.4, 0.5) is 11.4 Å². The zero-order chi connectivity index (χ0) is 15.4. The molecule has 0 amide bonds. The van der Waals surface area contributed by atoms with Crippen molar-refractivity contribution in [1.29, 1.82) is 0 Å². The van der Waals surface area contributed by atoms with Gasteiger partial charge < -0.3 is 5.32 Å². The first-order chi connectivity index (χ1) is 10.0. The van der Waals surface area contributed by atoms with E-state index < -0.39 is 0 Å². The second-order valence-corrected chi connectivity index (χ2v) is 6.18. The number of likely N-dealkylation sites (tertiary alicyclic amines) is 1. The lowest BCUT2D eigenvalue weighted by Crippen LogP contribution is -2.34. The van der Waals surface area contributed by atoms with Crippen LogP contribution in [0.25, 0.3) is 0 Å². The number of nitro benzene ring substituents is 1. The molecule has 1 N–H and O–H groups in total. The maximum Gasteiger partial charge on any atom is 0.292 e.